The third-order valence-corrected chi connectivity index (χ3v) is 6.47. The number of benzene rings is 2. The predicted octanol–water partition coefficient (Wildman–Crippen LogP) is 4.85. The van der Waals surface area contributed by atoms with Crippen LogP contribution in [0.5, 0.6) is 0 Å². The summed E-state index contributed by atoms with van der Waals surface area (Å²) in [5.41, 5.74) is 2.91. The molecule has 0 spiro atoms. The van der Waals surface area contributed by atoms with Gasteiger partial charge in [0.1, 0.15) is 0 Å². The molecule has 0 aliphatic carbocycles. The number of nitrogens with zero attached hydrogens (tertiary/aromatic N) is 3. The molecule has 1 aromatic heterocycles. The number of unbranched alkanes of at least 4 members (excludes halogenated alkanes) is 1. The maximum absolute atomic E-state index is 14.1. The Morgan fingerprint density at radius 2 is 1.47 bits per heavy atom. The number of aromatic nitrogens is 1. The Morgan fingerprint density at radius 3 is 2.00 bits per heavy atom. The van der Waals surface area contributed by atoms with Gasteiger partial charge < -0.3 is 19.1 Å². The van der Waals surface area contributed by atoms with Crippen LogP contribution in [0, 0.1) is 0 Å². The topological polar surface area (TPSA) is 54.8 Å². The van der Waals surface area contributed by atoms with Gasteiger partial charge in [-0.3, -0.25) is 9.59 Å². The molecule has 0 aliphatic heterocycles. The Morgan fingerprint density at radius 1 is 0.861 bits per heavy atom. The highest BCUT2D eigenvalue weighted by atomic mass is 16.5. The molecule has 0 unspecified atom stereocenters. The predicted molar refractivity (Wildman–Crippen MR) is 144 cm³/mol. The van der Waals surface area contributed by atoms with Crippen LogP contribution in [0.25, 0.3) is 0 Å². The van der Waals surface area contributed by atoms with Crippen molar-refractivity contribution in [3.8, 4) is 0 Å². The number of hydrogen-bond donors (Lipinski definition) is 0. The monoisotopic (exact) mass is 489 g/mol. The van der Waals surface area contributed by atoms with E-state index in [1.54, 1.807) is 12.0 Å². The molecule has 0 saturated heterocycles. The van der Waals surface area contributed by atoms with Crippen LogP contribution >= 0.6 is 0 Å². The molecular formula is C30H39N3O3. The average molecular weight is 490 g/mol. The van der Waals surface area contributed by atoms with E-state index in [2.05, 4.69) is 6.92 Å². The molecule has 3 aromatic rings. The van der Waals surface area contributed by atoms with Gasteiger partial charge in [0.15, 0.2) is 0 Å². The fourth-order valence-corrected chi connectivity index (χ4v) is 4.38. The number of aryl methyl sites for hydroxylation is 1. The molecule has 192 valence electrons. The average Bonchev–Trinajstić information content (AvgIpc) is 3.31. The van der Waals surface area contributed by atoms with E-state index in [0.717, 1.165) is 29.7 Å². The van der Waals surface area contributed by atoms with Crippen molar-refractivity contribution in [3.05, 3.63) is 95.8 Å². The Kier molecular flexibility index (Phi) is 10.8. The maximum atomic E-state index is 14.1. The van der Waals surface area contributed by atoms with E-state index in [9.17, 15) is 9.59 Å². The van der Waals surface area contributed by atoms with Gasteiger partial charge in [0.05, 0.1) is 19.0 Å². The van der Waals surface area contributed by atoms with E-state index in [-0.39, 0.29) is 18.4 Å². The van der Waals surface area contributed by atoms with Crippen molar-refractivity contribution in [2.45, 2.75) is 38.6 Å². The third kappa shape index (κ3) is 7.56. The standard InChI is InChI=1S/C30H39N3O3/c1-4-5-20-32(23-27-18-12-19-31(27)2)28(34)24-33(21-13-22-36-3)30(35)29(25-14-8-6-9-15-25)26-16-10-7-11-17-26/h6-12,14-19,29H,4-5,13,20-24H2,1-3H3. The quantitative estimate of drug-likeness (QED) is 0.304. The molecule has 3 rings (SSSR count). The molecular weight excluding hydrogens is 450 g/mol. The number of amides is 2. The van der Waals surface area contributed by atoms with E-state index in [1.165, 1.54) is 0 Å². The number of carbonyl (C=O) groups excluding carboxylic acids is 2. The Bertz CT molecular complexity index is 1030. The molecule has 0 N–H and O–H groups in total. The van der Waals surface area contributed by atoms with Gasteiger partial charge >= 0.3 is 0 Å². The van der Waals surface area contributed by atoms with Crippen molar-refractivity contribution >= 4 is 11.8 Å². The summed E-state index contributed by atoms with van der Waals surface area (Å²) in [6, 6.07) is 23.6. The molecule has 2 aromatic carbocycles. The lowest BCUT2D eigenvalue weighted by Crippen LogP contribution is -2.45. The summed E-state index contributed by atoms with van der Waals surface area (Å²) in [5.74, 6) is -0.568. The van der Waals surface area contributed by atoms with E-state index < -0.39 is 5.92 Å². The Balaban J connectivity index is 1.87. The molecule has 6 heteroatoms. The first kappa shape index (κ1) is 27.2. The van der Waals surface area contributed by atoms with Crippen LogP contribution in [0.1, 0.15) is 48.9 Å². The van der Waals surface area contributed by atoms with Crippen molar-refractivity contribution in [3.63, 3.8) is 0 Å². The van der Waals surface area contributed by atoms with Crippen LogP contribution in [0.2, 0.25) is 0 Å². The molecule has 0 atom stereocenters. The number of hydrogen-bond acceptors (Lipinski definition) is 3. The van der Waals surface area contributed by atoms with Gasteiger partial charge in [0.2, 0.25) is 11.8 Å². The highest BCUT2D eigenvalue weighted by Crippen LogP contribution is 2.27. The zero-order chi connectivity index (χ0) is 25.8. The van der Waals surface area contributed by atoms with Crippen molar-refractivity contribution in [2.75, 3.05) is 33.4 Å². The number of carbonyl (C=O) groups is 2. The van der Waals surface area contributed by atoms with Crippen LogP contribution in [0.4, 0.5) is 0 Å². The van der Waals surface area contributed by atoms with Gasteiger partial charge in [-0.2, -0.15) is 0 Å². The zero-order valence-corrected chi connectivity index (χ0v) is 21.8. The van der Waals surface area contributed by atoms with E-state index in [4.69, 9.17) is 4.74 Å². The van der Waals surface area contributed by atoms with Crippen LogP contribution in [-0.4, -0.2) is 59.5 Å². The molecule has 0 fully saturated rings. The largest absolute Gasteiger partial charge is 0.385 e. The third-order valence-electron chi connectivity index (χ3n) is 6.47. The molecule has 36 heavy (non-hydrogen) atoms. The lowest BCUT2D eigenvalue weighted by molar-refractivity contribution is -0.141. The second-order valence-corrected chi connectivity index (χ2v) is 9.14. The SMILES string of the molecule is CCCCN(Cc1cccn1C)C(=O)CN(CCCOC)C(=O)C(c1ccccc1)c1ccccc1. The second kappa shape index (κ2) is 14.2. The first-order valence-electron chi connectivity index (χ1n) is 12.8. The summed E-state index contributed by atoms with van der Waals surface area (Å²) < 4.78 is 7.29. The molecule has 0 bridgehead atoms. The summed E-state index contributed by atoms with van der Waals surface area (Å²) >= 11 is 0. The minimum atomic E-state index is -0.472. The summed E-state index contributed by atoms with van der Waals surface area (Å²) in [6.07, 6.45) is 4.57. The summed E-state index contributed by atoms with van der Waals surface area (Å²) in [7, 11) is 3.64. The minimum Gasteiger partial charge on any atom is -0.385 e. The zero-order valence-electron chi connectivity index (χ0n) is 21.8. The summed E-state index contributed by atoms with van der Waals surface area (Å²) in [5, 5.41) is 0. The van der Waals surface area contributed by atoms with Gasteiger partial charge in [-0.25, -0.2) is 0 Å². The van der Waals surface area contributed by atoms with Crippen molar-refractivity contribution in [1.82, 2.24) is 14.4 Å². The van der Waals surface area contributed by atoms with Crippen LogP contribution in [-0.2, 0) is 27.9 Å². The van der Waals surface area contributed by atoms with E-state index in [0.29, 0.717) is 32.7 Å². The van der Waals surface area contributed by atoms with Crippen molar-refractivity contribution in [1.29, 1.82) is 0 Å². The van der Waals surface area contributed by atoms with Crippen LogP contribution < -0.4 is 0 Å². The molecule has 6 nitrogen and oxygen atoms in total. The first-order chi connectivity index (χ1) is 17.5. The fraction of sp³-hybridized carbons (Fsp3) is 0.400. The molecule has 0 radical (unpaired) electrons. The van der Waals surface area contributed by atoms with Gasteiger partial charge in [0.25, 0.3) is 0 Å². The second-order valence-electron chi connectivity index (χ2n) is 9.14. The minimum absolute atomic E-state index is 0.0321. The summed E-state index contributed by atoms with van der Waals surface area (Å²) in [6.45, 7) is 4.36. The highest BCUT2D eigenvalue weighted by molar-refractivity contribution is 5.91. The van der Waals surface area contributed by atoms with E-state index >= 15 is 0 Å². The Hall–Kier alpha value is -3.38. The number of methoxy groups -OCH3 is 1. The Labute approximate surface area is 215 Å². The molecule has 2 amide bonds. The van der Waals surface area contributed by atoms with Gasteiger partial charge in [0, 0.05) is 45.7 Å². The summed E-state index contributed by atoms with van der Waals surface area (Å²) in [4.78, 5) is 31.3. The first-order valence-corrected chi connectivity index (χ1v) is 12.8. The number of ether oxygens (including phenoxy) is 1. The van der Waals surface area contributed by atoms with Crippen molar-refractivity contribution in [2.24, 2.45) is 7.05 Å². The molecule has 0 aliphatic rings. The van der Waals surface area contributed by atoms with Crippen LogP contribution in [0.15, 0.2) is 79.0 Å². The van der Waals surface area contributed by atoms with E-state index in [1.807, 2.05) is 95.5 Å². The normalized spacial score (nSPS) is 11.0. The van der Waals surface area contributed by atoms with Crippen molar-refractivity contribution < 1.29 is 14.3 Å². The lowest BCUT2D eigenvalue weighted by Gasteiger charge is -2.30. The molecule has 1 heterocycles. The van der Waals surface area contributed by atoms with Gasteiger partial charge in [-0.15, -0.1) is 0 Å². The van der Waals surface area contributed by atoms with Crippen LogP contribution in [0.3, 0.4) is 0 Å². The lowest BCUT2D eigenvalue weighted by atomic mass is 9.90. The highest BCUT2D eigenvalue weighted by Gasteiger charge is 2.29. The smallest absolute Gasteiger partial charge is 0.242 e. The molecule has 0 saturated carbocycles. The number of rotatable bonds is 14. The van der Waals surface area contributed by atoms with Gasteiger partial charge in [-0.05, 0) is 36.1 Å². The maximum Gasteiger partial charge on any atom is 0.242 e. The fourth-order valence-electron chi connectivity index (χ4n) is 4.38. The van der Waals surface area contributed by atoms with Gasteiger partial charge in [-0.1, -0.05) is 74.0 Å².